The molecule has 4 rings (SSSR count). The number of nitrogens with one attached hydrogen (secondary N) is 1. The molecule has 1 aliphatic carbocycles. The van der Waals surface area contributed by atoms with Gasteiger partial charge in [-0.1, -0.05) is 27.2 Å². The average molecular weight is 497 g/mol. The first-order valence-corrected chi connectivity index (χ1v) is 13.1. The number of nitrogens with zero attached hydrogens (tertiary/aromatic N) is 1. The van der Waals surface area contributed by atoms with E-state index >= 15 is 0 Å². The normalized spacial score (nSPS) is 17.9. The number of fused-ring (bicyclic) bond motifs is 1. The fraction of sp³-hybridized carbons (Fsp3) is 0.481. The molecule has 1 aromatic heterocycles. The van der Waals surface area contributed by atoms with E-state index in [1.165, 1.54) is 11.3 Å². The highest BCUT2D eigenvalue weighted by Crippen LogP contribution is 2.45. The Hall–Kier alpha value is -3.00. The average Bonchev–Trinajstić information content (AvgIpc) is 3.37. The quantitative estimate of drug-likeness (QED) is 0.411. The summed E-state index contributed by atoms with van der Waals surface area (Å²) in [4.78, 5) is 52.2. The molecule has 0 spiro atoms. The van der Waals surface area contributed by atoms with E-state index in [0.717, 1.165) is 41.0 Å². The van der Waals surface area contributed by atoms with Crippen molar-refractivity contribution in [2.75, 3.05) is 16.8 Å². The summed E-state index contributed by atoms with van der Waals surface area (Å²) >= 11 is 1.46. The van der Waals surface area contributed by atoms with E-state index in [0.29, 0.717) is 27.7 Å². The summed E-state index contributed by atoms with van der Waals surface area (Å²) in [6.45, 7) is 8.82. The Kier molecular flexibility index (Phi) is 7.12. The molecule has 2 heterocycles. The summed E-state index contributed by atoms with van der Waals surface area (Å²) in [6, 6.07) is 6.36. The molecule has 0 saturated carbocycles. The number of anilines is 2. The van der Waals surface area contributed by atoms with Gasteiger partial charge in [-0.05, 0) is 67.3 Å². The van der Waals surface area contributed by atoms with Gasteiger partial charge in [0.1, 0.15) is 5.00 Å². The van der Waals surface area contributed by atoms with Gasteiger partial charge in [0.05, 0.1) is 17.9 Å². The molecule has 7 nitrogen and oxygen atoms in total. The summed E-state index contributed by atoms with van der Waals surface area (Å²) in [6.07, 6.45) is 4.16. The van der Waals surface area contributed by atoms with E-state index in [-0.39, 0.29) is 42.6 Å². The lowest BCUT2D eigenvalue weighted by molar-refractivity contribution is -0.121. The second-order valence-electron chi connectivity index (χ2n) is 9.83. The van der Waals surface area contributed by atoms with E-state index in [2.05, 4.69) is 26.1 Å². The van der Waals surface area contributed by atoms with Crippen LogP contribution in [-0.4, -0.2) is 30.3 Å². The van der Waals surface area contributed by atoms with Crippen LogP contribution in [0.1, 0.15) is 84.5 Å². The van der Waals surface area contributed by atoms with Crippen molar-refractivity contribution in [1.29, 1.82) is 0 Å². The lowest BCUT2D eigenvalue weighted by atomic mass is 9.69. The number of carbonyl (C=O) groups is 4. The Morgan fingerprint density at radius 2 is 1.74 bits per heavy atom. The van der Waals surface area contributed by atoms with Crippen molar-refractivity contribution in [3.8, 4) is 0 Å². The van der Waals surface area contributed by atoms with Gasteiger partial charge >= 0.3 is 5.97 Å². The van der Waals surface area contributed by atoms with Gasteiger partial charge in [-0.25, -0.2) is 4.79 Å². The molecular weight excluding hydrogens is 464 g/mol. The van der Waals surface area contributed by atoms with Crippen LogP contribution in [-0.2, 0) is 27.2 Å². The summed E-state index contributed by atoms with van der Waals surface area (Å²) in [5, 5.41) is 3.44. The Labute approximate surface area is 209 Å². The highest BCUT2D eigenvalue weighted by Gasteiger charge is 2.36. The molecule has 1 N–H and O–H groups in total. The van der Waals surface area contributed by atoms with Crippen LogP contribution in [0.15, 0.2) is 24.3 Å². The first kappa shape index (κ1) is 25.1. The number of esters is 1. The zero-order valence-corrected chi connectivity index (χ0v) is 21.5. The minimum absolute atomic E-state index is 0.203. The first-order valence-electron chi connectivity index (χ1n) is 12.2. The second kappa shape index (κ2) is 9.93. The molecule has 1 saturated heterocycles. The first-order chi connectivity index (χ1) is 16.7. The van der Waals surface area contributed by atoms with Crippen molar-refractivity contribution in [3.05, 3.63) is 45.8 Å². The molecule has 2 aromatic rings. The number of rotatable bonds is 7. The summed E-state index contributed by atoms with van der Waals surface area (Å²) in [5.41, 5.74) is 2.50. The zero-order valence-electron chi connectivity index (χ0n) is 20.7. The predicted octanol–water partition coefficient (Wildman–Crippen LogP) is 5.37. The number of thiophene rings is 1. The van der Waals surface area contributed by atoms with Crippen LogP contribution >= 0.6 is 11.3 Å². The molecule has 3 amide bonds. The SMILES string of the molecule is CCOC(=O)c1c(NC(=O)c2ccc(N3C(=O)CCC3=O)cc2)sc2c1CCC(C(C)(C)CC)C2. The van der Waals surface area contributed by atoms with Crippen LogP contribution in [0.25, 0.3) is 0 Å². The number of benzene rings is 1. The molecule has 2 aliphatic rings. The Morgan fingerprint density at radius 1 is 1.09 bits per heavy atom. The number of ether oxygens (including phenoxy) is 1. The van der Waals surface area contributed by atoms with Crippen LogP contribution in [0.5, 0.6) is 0 Å². The van der Waals surface area contributed by atoms with E-state index in [9.17, 15) is 19.2 Å². The third-order valence-corrected chi connectivity index (χ3v) is 8.60. The van der Waals surface area contributed by atoms with Gasteiger partial charge in [-0.2, -0.15) is 0 Å². The summed E-state index contributed by atoms with van der Waals surface area (Å²) in [5.74, 6) is -0.721. The predicted molar refractivity (Wildman–Crippen MR) is 136 cm³/mol. The second-order valence-corrected chi connectivity index (χ2v) is 10.9. The summed E-state index contributed by atoms with van der Waals surface area (Å²) in [7, 11) is 0. The molecule has 1 fully saturated rings. The number of imide groups is 1. The largest absolute Gasteiger partial charge is 0.462 e. The molecule has 1 atom stereocenters. The minimum atomic E-state index is -0.407. The van der Waals surface area contributed by atoms with Crippen LogP contribution in [0.2, 0.25) is 0 Å². The van der Waals surface area contributed by atoms with Crippen molar-refractivity contribution in [1.82, 2.24) is 0 Å². The topological polar surface area (TPSA) is 92.8 Å². The molecule has 1 aliphatic heterocycles. The standard InChI is InChI=1S/C27H32N2O5S/c1-5-27(3,4)17-9-12-19-20(15-17)35-25(23(19)26(33)34-6-2)28-24(32)16-7-10-18(11-8-16)29-21(30)13-14-22(29)31/h7-8,10-11,17H,5-6,9,12-15H2,1-4H3,(H,28,32). The minimum Gasteiger partial charge on any atom is -0.462 e. The van der Waals surface area contributed by atoms with Gasteiger partial charge in [0.2, 0.25) is 11.8 Å². The molecule has 8 heteroatoms. The van der Waals surface area contributed by atoms with Gasteiger partial charge in [0.25, 0.3) is 5.91 Å². The molecule has 0 bridgehead atoms. The van der Waals surface area contributed by atoms with Crippen molar-refractivity contribution in [3.63, 3.8) is 0 Å². The van der Waals surface area contributed by atoms with Crippen LogP contribution in [0.3, 0.4) is 0 Å². The van der Waals surface area contributed by atoms with Crippen LogP contribution in [0, 0.1) is 11.3 Å². The highest BCUT2D eigenvalue weighted by atomic mass is 32.1. The van der Waals surface area contributed by atoms with Crippen molar-refractivity contribution < 1.29 is 23.9 Å². The van der Waals surface area contributed by atoms with E-state index < -0.39 is 5.97 Å². The van der Waals surface area contributed by atoms with Crippen molar-refractivity contribution >= 4 is 45.7 Å². The van der Waals surface area contributed by atoms with Crippen LogP contribution < -0.4 is 10.2 Å². The fourth-order valence-electron chi connectivity index (χ4n) is 4.85. The molecule has 35 heavy (non-hydrogen) atoms. The Balaban J connectivity index is 1.59. The lowest BCUT2D eigenvalue weighted by Gasteiger charge is -2.36. The van der Waals surface area contributed by atoms with Gasteiger partial charge in [-0.3, -0.25) is 19.3 Å². The third-order valence-electron chi connectivity index (χ3n) is 7.43. The Bertz CT molecular complexity index is 1150. The maximum absolute atomic E-state index is 13.1. The molecule has 1 aromatic carbocycles. The number of amides is 3. The van der Waals surface area contributed by atoms with Gasteiger partial charge < -0.3 is 10.1 Å². The maximum atomic E-state index is 13.1. The number of hydrogen-bond donors (Lipinski definition) is 1. The third kappa shape index (κ3) is 4.89. The van der Waals surface area contributed by atoms with Gasteiger partial charge in [-0.15, -0.1) is 11.3 Å². The van der Waals surface area contributed by atoms with Crippen molar-refractivity contribution in [2.45, 2.75) is 66.2 Å². The monoisotopic (exact) mass is 496 g/mol. The molecule has 0 radical (unpaired) electrons. The Morgan fingerprint density at radius 3 is 2.34 bits per heavy atom. The van der Waals surface area contributed by atoms with E-state index in [1.54, 1.807) is 31.2 Å². The van der Waals surface area contributed by atoms with Gasteiger partial charge in [0, 0.05) is 23.3 Å². The summed E-state index contributed by atoms with van der Waals surface area (Å²) < 4.78 is 5.34. The fourth-order valence-corrected chi connectivity index (χ4v) is 6.16. The molecule has 186 valence electrons. The molecular formula is C27H32N2O5S. The van der Waals surface area contributed by atoms with Crippen molar-refractivity contribution in [2.24, 2.45) is 11.3 Å². The number of carbonyl (C=O) groups excluding carboxylic acids is 4. The van der Waals surface area contributed by atoms with Gasteiger partial charge in [0.15, 0.2) is 0 Å². The number of hydrogen-bond acceptors (Lipinski definition) is 6. The molecule has 1 unspecified atom stereocenters. The smallest absolute Gasteiger partial charge is 0.341 e. The van der Waals surface area contributed by atoms with E-state index in [1.807, 2.05) is 0 Å². The van der Waals surface area contributed by atoms with E-state index in [4.69, 9.17) is 4.74 Å². The maximum Gasteiger partial charge on any atom is 0.341 e. The highest BCUT2D eigenvalue weighted by molar-refractivity contribution is 7.17. The van der Waals surface area contributed by atoms with Crippen LogP contribution in [0.4, 0.5) is 10.7 Å². The zero-order chi connectivity index (χ0) is 25.3. The lowest BCUT2D eigenvalue weighted by Crippen LogP contribution is -2.28.